The molecule has 5 heteroatoms. The van der Waals surface area contributed by atoms with Crippen molar-refractivity contribution < 1.29 is 0 Å². The summed E-state index contributed by atoms with van der Waals surface area (Å²) >= 11 is 4.77. The quantitative estimate of drug-likeness (QED) is 0.514. The molecule has 2 heterocycles. The summed E-state index contributed by atoms with van der Waals surface area (Å²) in [6.45, 7) is 6.36. The Bertz CT molecular complexity index is 486. The molecule has 0 aromatic carbocycles. The average Bonchev–Trinajstić information content (AvgIpc) is 2.72. The minimum atomic E-state index is -0.0580. The van der Waals surface area contributed by atoms with Crippen molar-refractivity contribution in [1.82, 2.24) is 14.3 Å². The van der Waals surface area contributed by atoms with Crippen LogP contribution in [-0.4, -0.2) is 14.3 Å². The van der Waals surface area contributed by atoms with Crippen LogP contribution in [-0.2, 0) is 1.55 Å². The van der Waals surface area contributed by atoms with E-state index in [9.17, 15) is 0 Å². The summed E-state index contributed by atoms with van der Waals surface area (Å²) in [5.41, 5.74) is 2.47. The fraction of sp³-hybridized carbons (Fsp3) is 0.364. The Morgan fingerprint density at radius 2 is 1.69 bits per heavy atom. The van der Waals surface area contributed by atoms with E-state index >= 15 is 0 Å². The van der Waals surface area contributed by atoms with Gasteiger partial charge in [0.15, 0.2) is 1.55 Å². The maximum Gasteiger partial charge on any atom is 0.163 e. The van der Waals surface area contributed by atoms with Gasteiger partial charge in [-0.25, -0.2) is 4.68 Å². The lowest BCUT2D eigenvalue weighted by Gasteiger charge is -2.20. The molecule has 2 aromatic rings. The standard InChI is InChI=1S/C11H13I2N3/c1-8-4-5-9(2)15(8)10-6-7-14-16(10)11(3,12)13/h4-7H,1-3H3. The van der Waals surface area contributed by atoms with Gasteiger partial charge < -0.3 is 4.57 Å². The van der Waals surface area contributed by atoms with Crippen LogP contribution >= 0.6 is 45.2 Å². The number of aryl methyl sites for hydroxylation is 2. The molecule has 0 aliphatic rings. The van der Waals surface area contributed by atoms with Gasteiger partial charge in [0.25, 0.3) is 0 Å². The number of hydrogen-bond acceptors (Lipinski definition) is 1. The summed E-state index contributed by atoms with van der Waals surface area (Å²) in [6, 6.07) is 6.31. The Labute approximate surface area is 122 Å². The molecule has 0 fully saturated rings. The van der Waals surface area contributed by atoms with Gasteiger partial charge in [0, 0.05) is 17.5 Å². The van der Waals surface area contributed by atoms with Gasteiger partial charge in [-0.3, -0.25) is 0 Å². The third kappa shape index (κ3) is 2.15. The summed E-state index contributed by atoms with van der Waals surface area (Å²) in [6.07, 6.45) is 1.85. The summed E-state index contributed by atoms with van der Waals surface area (Å²) in [5, 5.41) is 4.41. The van der Waals surface area contributed by atoms with Gasteiger partial charge in [-0.1, -0.05) is 0 Å². The average molecular weight is 441 g/mol. The Morgan fingerprint density at radius 3 is 2.19 bits per heavy atom. The molecule has 0 unspecified atom stereocenters. The van der Waals surface area contributed by atoms with E-state index in [1.807, 2.05) is 10.9 Å². The van der Waals surface area contributed by atoms with Crippen LogP contribution in [0.15, 0.2) is 24.4 Å². The maximum atomic E-state index is 4.41. The van der Waals surface area contributed by atoms with Gasteiger partial charge in [0.05, 0.1) is 6.20 Å². The molecule has 0 aliphatic heterocycles. The SMILES string of the molecule is Cc1ccc(C)n1-c1ccnn1C(C)(I)I. The molecular weight excluding hydrogens is 428 g/mol. The van der Waals surface area contributed by atoms with Gasteiger partial charge in [-0.15, -0.1) is 0 Å². The molecule has 16 heavy (non-hydrogen) atoms. The highest BCUT2D eigenvalue weighted by atomic mass is 127. The fourth-order valence-electron chi connectivity index (χ4n) is 1.80. The zero-order valence-corrected chi connectivity index (χ0v) is 13.7. The topological polar surface area (TPSA) is 22.8 Å². The zero-order valence-electron chi connectivity index (χ0n) is 9.41. The molecule has 86 valence electrons. The van der Waals surface area contributed by atoms with Gasteiger partial charge in [0.2, 0.25) is 0 Å². The summed E-state index contributed by atoms with van der Waals surface area (Å²) in [7, 11) is 0. The van der Waals surface area contributed by atoms with E-state index in [0.29, 0.717) is 0 Å². The van der Waals surface area contributed by atoms with E-state index in [-0.39, 0.29) is 1.55 Å². The van der Waals surface area contributed by atoms with E-state index in [1.165, 1.54) is 11.4 Å². The van der Waals surface area contributed by atoms with Crippen molar-refractivity contribution in [2.24, 2.45) is 0 Å². The molecule has 2 rings (SSSR count). The Morgan fingerprint density at radius 1 is 1.12 bits per heavy atom. The van der Waals surface area contributed by atoms with Gasteiger partial charge in [-0.2, -0.15) is 5.10 Å². The Kier molecular flexibility index (Phi) is 3.35. The van der Waals surface area contributed by atoms with Crippen molar-refractivity contribution in [2.75, 3.05) is 0 Å². The van der Waals surface area contributed by atoms with Crippen LogP contribution in [0, 0.1) is 13.8 Å². The first-order chi connectivity index (χ1) is 7.41. The molecule has 2 aromatic heterocycles. The molecule has 0 saturated carbocycles. The second-order valence-electron chi connectivity index (χ2n) is 3.89. The van der Waals surface area contributed by atoms with E-state index in [2.05, 4.69) is 93.8 Å². The van der Waals surface area contributed by atoms with Crippen LogP contribution in [0.25, 0.3) is 5.82 Å². The number of nitrogens with zero attached hydrogens (tertiary/aromatic N) is 3. The van der Waals surface area contributed by atoms with Crippen LogP contribution in [0.2, 0.25) is 0 Å². The number of halogens is 2. The third-order valence-corrected chi connectivity index (χ3v) is 3.41. The van der Waals surface area contributed by atoms with Crippen LogP contribution < -0.4 is 0 Å². The smallest absolute Gasteiger partial charge is 0.163 e. The van der Waals surface area contributed by atoms with Crippen molar-refractivity contribution >= 4 is 45.2 Å². The van der Waals surface area contributed by atoms with E-state index in [4.69, 9.17) is 0 Å². The molecule has 0 aliphatic carbocycles. The summed E-state index contributed by atoms with van der Waals surface area (Å²) in [4.78, 5) is 0. The molecule has 0 spiro atoms. The van der Waals surface area contributed by atoms with E-state index < -0.39 is 0 Å². The number of rotatable bonds is 2. The first-order valence-electron chi connectivity index (χ1n) is 4.99. The molecule has 0 radical (unpaired) electrons. The monoisotopic (exact) mass is 441 g/mol. The van der Waals surface area contributed by atoms with Crippen molar-refractivity contribution in [3.8, 4) is 5.82 Å². The predicted octanol–water partition coefficient (Wildman–Crippen LogP) is 3.79. The van der Waals surface area contributed by atoms with Crippen molar-refractivity contribution in [2.45, 2.75) is 22.3 Å². The normalized spacial score (nSPS) is 12.1. The number of hydrogen-bond donors (Lipinski definition) is 0. The fourth-order valence-corrected chi connectivity index (χ4v) is 2.54. The molecule has 0 bridgehead atoms. The number of aromatic nitrogens is 3. The van der Waals surface area contributed by atoms with E-state index in [0.717, 1.165) is 5.82 Å². The highest BCUT2D eigenvalue weighted by Crippen LogP contribution is 2.34. The van der Waals surface area contributed by atoms with Crippen molar-refractivity contribution in [3.63, 3.8) is 0 Å². The first kappa shape index (κ1) is 12.4. The zero-order chi connectivity index (χ0) is 11.9. The van der Waals surface area contributed by atoms with Crippen molar-refractivity contribution in [1.29, 1.82) is 0 Å². The molecule has 3 nitrogen and oxygen atoms in total. The van der Waals surface area contributed by atoms with Gasteiger partial charge in [-0.05, 0) is 78.1 Å². The largest absolute Gasteiger partial charge is 0.303 e. The molecule has 0 atom stereocenters. The second-order valence-corrected chi connectivity index (χ2v) is 10.2. The predicted molar refractivity (Wildman–Crippen MR) is 82.7 cm³/mol. The van der Waals surface area contributed by atoms with Crippen LogP contribution in [0.3, 0.4) is 0 Å². The molecule has 0 saturated heterocycles. The summed E-state index contributed by atoms with van der Waals surface area (Å²) in [5.74, 6) is 1.12. The van der Waals surface area contributed by atoms with Gasteiger partial charge >= 0.3 is 0 Å². The Balaban J connectivity index is 2.62. The maximum absolute atomic E-state index is 4.41. The molecule has 0 amide bonds. The lowest BCUT2D eigenvalue weighted by atomic mass is 10.5. The lowest BCUT2D eigenvalue weighted by Crippen LogP contribution is -2.20. The first-order valence-corrected chi connectivity index (χ1v) is 7.14. The lowest BCUT2D eigenvalue weighted by molar-refractivity contribution is 0.618. The molecular formula is C11H13I2N3. The van der Waals surface area contributed by atoms with E-state index in [1.54, 1.807) is 0 Å². The van der Waals surface area contributed by atoms with Gasteiger partial charge in [0.1, 0.15) is 5.82 Å². The minimum Gasteiger partial charge on any atom is -0.303 e. The Hall–Kier alpha value is -0.0500. The van der Waals surface area contributed by atoms with Crippen LogP contribution in [0.1, 0.15) is 18.3 Å². The highest BCUT2D eigenvalue weighted by Gasteiger charge is 2.22. The minimum absolute atomic E-state index is 0.0580. The highest BCUT2D eigenvalue weighted by molar-refractivity contribution is 14.2. The van der Waals surface area contributed by atoms with Crippen LogP contribution in [0.5, 0.6) is 0 Å². The summed E-state index contributed by atoms with van der Waals surface area (Å²) < 4.78 is 4.20. The second kappa shape index (κ2) is 4.32. The third-order valence-electron chi connectivity index (χ3n) is 2.49. The molecule has 0 N–H and O–H groups in total. The number of alkyl halides is 2. The van der Waals surface area contributed by atoms with Crippen LogP contribution in [0.4, 0.5) is 0 Å². The van der Waals surface area contributed by atoms with Crippen molar-refractivity contribution in [3.05, 3.63) is 35.8 Å².